The third-order valence-corrected chi connectivity index (χ3v) is 3.20. The maximum atomic E-state index is 10.3. The molecular weight excluding hydrogens is 268 g/mol. The molecule has 1 unspecified atom stereocenters. The molecule has 1 N–H and O–H groups in total. The largest absolute Gasteiger partial charge is 0.497 e. The van der Waals surface area contributed by atoms with Gasteiger partial charge in [-0.3, -0.25) is 0 Å². The second-order valence-electron chi connectivity index (χ2n) is 4.75. The summed E-state index contributed by atoms with van der Waals surface area (Å²) < 4.78 is 16.0. The number of hydrogen-bond donors (Lipinski definition) is 1. The number of aryl methyl sites for hydroxylation is 1. The van der Waals surface area contributed by atoms with Crippen LogP contribution in [-0.4, -0.2) is 25.9 Å². The van der Waals surface area contributed by atoms with E-state index in [1.165, 1.54) is 0 Å². The zero-order chi connectivity index (χ0) is 15.2. The molecule has 4 nitrogen and oxygen atoms in total. The average molecular weight is 288 g/mol. The van der Waals surface area contributed by atoms with Gasteiger partial charge in [0.15, 0.2) is 0 Å². The van der Waals surface area contributed by atoms with Crippen molar-refractivity contribution in [3.63, 3.8) is 0 Å². The predicted molar refractivity (Wildman–Crippen MR) is 81.2 cm³/mol. The molecule has 0 aromatic heterocycles. The van der Waals surface area contributed by atoms with E-state index < -0.39 is 6.10 Å². The summed E-state index contributed by atoms with van der Waals surface area (Å²) in [5.74, 6) is 2.00. The summed E-state index contributed by atoms with van der Waals surface area (Å²) in [6.45, 7) is 2.15. The third-order valence-electron chi connectivity index (χ3n) is 3.20. The summed E-state index contributed by atoms with van der Waals surface area (Å²) in [6.07, 6.45) is -0.772. The monoisotopic (exact) mass is 288 g/mol. The number of benzene rings is 2. The van der Waals surface area contributed by atoms with E-state index in [1.807, 2.05) is 31.2 Å². The standard InChI is InChI=1S/C17H20O4/c1-12-5-4-6-14(9-12)21-11-16(18)15-8-7-13(19-2)10-17(15)20-3/h4-10,16,18H,11H2,1-3H3. The fourth-order valence-corrected chi connectivity index (χ4v) is 2.06. The molecule has 2 rings (SSSR count). The van der Waals surface area contributed by atoms with E-state index in [9.17, 15) is 5.11 Å². The van der Waals surface area contributed by atoms with Gasteiger partial charge in [0.2, 0.25) is 0 Å². The van der Waals surface area contributed by atoms with Crippen LogP contribution in [0.25, 0.3) is 0 Å². The van der Waals surface area contributed by atoms with Crippen LogP contribution in [0.5, 0.6) is 17.2 Å². The molecule has 0 heterocycles. The molecule has 0 saturated heterocycles. The lowest BCUT2D eigenvalue weighted by atomic mass is 10.1. The number of aliphatic hydroxyl groups excluding tert-OH is 1. The Morgan fingerprint density at radius 3 is 2.48 bits per heavy atom. The molecule has 0 aliphatic heterocycles. The van der Waals surface area contributed by atoms with Crippen molar-refractivity contribution < 1.29 is 19.3 Å². The van der Waals surface area contributed by atoms with Gasteiger partial charge in [0.05, 0.1) is 14.2 Å². The Bertz CT molecular complexity index is 595. The lowest BCUT2D eigenvalue weighted by molar-refractivity contribution is 0.105. The van der Waals surface area contributed by atoms with Gasteiger partial charge < -0.3 is 19.3 Å². The van der Waals surface area contributed by atoms with Crippen molar-refractivity contribution >= 4 is 0 Å². The molecule has 0 fully saturated rings. The molecule has 0 spiro atoms. The van der Waals surface area contributed by atoms with Crippen LogP contribution in [0.15, 0.2) is 42.5 Å². The van der Waals surface area contributed by atoms with Gasteiger partial charge >= 0.3 is 0 Å². The van der Waals surface area contributed by atoms with E-state index in [4.69, 9.17) is 14.2 Å². The molecule has 1 atom stereocenters. The Hall–Kier alpha value is -2.20. The van der Waals surface area contributed by atoms with Gasteiger partial charge in [-0.2, -0.15) is 0 Å². The minimum Gasteiger partial charge on any atom is -0.497 e. The van der Waals surface area contributed by atoms with E-state index in [1.54, 1.807) is 32.4 Å². The molecule has 21 heavy (non-hydrogen) atoms. The van der Waals surface area contributed by atoms with Crippen LogP contribution < -0.4 is 14.2 Å². The maximum absolute atomic E-state index is 10.3. The Morgan fingerprint density at radius 2 is 1.81 bits per heavy atom. The molecule has 0 saturated carbocycles. The lowest BCUT2D eigenvalue weighted by Crippen LogP contribution is -2.11. The Balaban J connectivity index is 2.07. The fraction of sp³-hybridized carbons (Fsp3) is 0.294. The Kier molecular flexibility index (Phi) is 5.06. The SMILES string of the molecule is COc1ccc(C(O)COc2cccc(C)c2)c(OC)c1. The van der Waals surface area contributed by atoms with Crippen molar-refractivity contribution in [1.82, 2.24) is 0 Å². The summed E-state index contributed by atoms with van der Waals surface area (Å²) in [6, 6.07) is 13.0. The summed E-state index contributed by atoms with van der Waals surface area (Å²) >= 11 is 0. The molecule has 0 radical (unpaired) electrons. The normalized spacial score (nSPS) is 11.8. The van der Waals surface area contributed by atoms with Gasteiger partial charge in [-0.05, 0) is 36.8 Å². The van der Waals surface area contributed by atoms with Crippen molar-refractivity contribution in [3.05, 3.63) is 53.6 Å². The molecule has 2 aromatic rings. The summed E-state index contributed by atoms with van der Waals surface area (Å²) in [7, 11) is 3.15. The number of hydrogen-bond acceptors (Lipinski definition) is 4. The van der Waals surface area contributed by atoms with Crippen LogP contribution in [-0.2, 0) is 0 Å². The summed E-state index contributed by atoms with van der Waals surface area (Å²) in [4.78, 5) is 0. The Morgan fingerprint density at radius 1 is 1.00 bits per heavy atom. The van der Waals surface area contributed by atoms with Gasteiger partial charge in [-0.25, -0.2) is 0 Å². The molecule has 0 amide bonds. The Labute approximate surface area is 124 Å². The number of aliphatic hydroxyl groups is 1. The minimum absolute atomic E-state index is 0.159. The highest BCUT2D eigenvalue weighted by atomic mass is 16.5. The van der Waals surface area contributed by atoms with Crippen LogP contribution in [0.3, 0.4) is 0 Å². The van der Waals surface area contributed by atoms with Gasteiger partial charge in [0.25, 0.3) is 0 Å². The molecule has 112 valence electrons. The fourth-order valence-electron chi connectivity index (χ4n) is 2.06. The summed E-state index contributed by atoms with van der Waals surface area (Å²) in [5, 5.41) is 10.3. The third kappa shape index (κ3) is 3.89. The predicted octanol–water partition coefficient (Wildman–Crippen LogP) is 3.12. The van der Waals surface area contributed by atoms with E-state index in [0.29, 0.717) is 17.1 Å². The number of rotatable bonds is 6. The second-order valence-corrected chi connectivity index (χ2v) is 4.75. The first kappa shape index (κ1) is 15.2. The van der Waals surface area contributed by atoms with Gasteiger partial charge in [-0.15, -0.1) is 0 Å². The first-order valence-corrected chi connectivity index (χ1v) is 6.73. The van der Waals surface area contributed by atoms with Crippen molar-refractivity contribution in [3.8, 4) is 17.2 Å². The van der Waals surface area contributed by atoms with E-state index in [2.05, 4.69) is 0 Å². The first-order valence-electron chi connectivity index (χ1n) is 6.73. The van der Waals surface area contributed by atoms with Crippen LogP contribution in [0, 0.1) is 6.92 Å². The molecule has 0 bridgehead atoms. The molecular formula is C17H20O4. The maximum Gasteiger partial charge on any atom is 0.128 e. The van der Waals surface area contributed by atoms with E-state index in [-0.39, 0.29) is 6.61 Å². The van der Waals surface area contributed by atoms with Crippen molar-refractivity contribution in [2.75, 3.05) is 20.8 Å². The minimum atomic E-state index is -0.772. The molecule has 0 aliphatic rings. The van der Waals surface area contributed by atoms with Gasteiger partial charge in [0.1, 0.15) is 30.0 Å². The smallest absolute Gasteiger partial charge is 0.128 e. The van der Waals surface area contributed by atoms with Crippen LogP contribution in [0.2, 0.25) is 0 Å². The highest BCUT2D eigenvalue weighted by molar-refractivity contribution is 5.42. The van der Waals surface area contributed by atoms with Gasteiger partial charge in [0, 0.05) is 11.6 Å². The first-order chi connectivity index (χ1) is 10.1. The van der Waals surface area contributed by atoms with Crippen molar-refractivity contribution in [1.29, 1.82) is 0 Å². The van der Waals surface area contributed by atoms with Crippen molar-refractivity contribution in [2.45, 2.75) is 13.0 Å². The zero-order valence-electron chi connectivity index (χ0n) is 12.5. The second kappa shape index (κ2) is 6.99. The highest BCUT2D eigenvalue weighted by Crippen LogP contribution is 2.29. The van der Waals surface area contributed by atoms with E-state index >= 15 is 0 Å². The lowest BCUT2D eigenvalue weighted by Gasteiger charge is -2.16. The molecule has 4 heteroatoms. The van der Waals surface area contributed by atoms with Crippen molar-refractivity contribution in [2.24, 2.45) is 0 Å². The summed E-state index contributed by atoms with van der Waals surface area (Å²) in [5.41, 5.74) is 1.79. The van der Waals surface area contributed by atoms with Crippen LogP contribution in [0.4, 0.5) is 0 Å². The highest BCUT2D eigenvalue weighted by Gasteiger charge is 2.15. The van der Waals surface area contributed by atoms with Crippen LogP contribution in [0.1, 0.15) is 17.2 Å². The van der Waals surface area contributed by atoms with E-state index in [0.717, 1.165) is 11.3 Å². The van der Waals surface area contributed by atoms with Gasteiger partial charge in [-0.1, -0.05) is 12.1 Å². The zero-order valence-corrected chi connectivity index (χ0v) is 12.5. The topological polar surface area (TPSA) is 47.9 Å². The molecule has 2 aromatic carbocycles. The molecule has 0 aliphatic carbocycles. The average Bonchev–Trinajstić information content (AvgIpc) is 2.52. The number of methoxy groups -OCH3 is 2. The quantitative estimate of drug-likeness (QED) is 0.887. The van der Waals surface area contributed by atoms with Crippen LogP contribution >= 0.6 is 0 Å². The number of ether oxygens (including phenoxy) is 3.